The van der Waals surface area contributed by atoms with Crippen LogP contribution in [0, 0.1) is 0 Å². The molecule has 1 aromatic carbocycles. The zero-order valence-corrected chi connectivity index (χ0v) is 13.9. The number of halogens is 1. The van der Waals surface area contributed by atoms with Crippen LogP contribution in [0.2, 0.25) is 0 Å². The number of hydrogen-bond acceptors (Lipinski definition) is 1. The van der Waals surface area contributed by atoms with E-state index < -0.39 is 0 Å². The van der Waals surface area contributed by atoms with Crippen molar-refractivity contribution in [3.05, 3.63) is 35.4 Å². The Morgan fingerprint density at radius 2 is 1.95 bits per heavy atom. The van der Waals surface area contributed by atoms with E-state index in [0.717, 1.165) is 42.3 Å². The SMILES string of the molecule is CCc1ccccc1C(=O)N(CCBr)C1CCCCC1. The molecule has 2 rings (SSSR count). The summed E-state index contributed by atoms with van der Waals surface area (Å²) in [6.45, 7) is 2.92. The van der Waals surface area contributed by atoms with Crippen molar-refractivity contribution in [2.24, 2.45) is 0 Å². The third-order valence-corrected chi connectivity index (χ3v) is 4.59. The molecular formula is C17H24BrNO. The fraction of sp³-hybridized carbons (Fsp3) is 0.588. The van der Waals surface area contributed by atoms with Crippen LogP contribution in [-0.4, -0.2) is 28.7 Å². The molecule has 0 bridgehead atoms. The Kier molecular flexibility index (Phi) is 6.08. The van der Waals surface area contributed by atoms with Gasteiger partial charge < -0.3 is 4.90 Å². The minimum atomic E-state index is 0.216. The highest BCUT2D eigenvalue weighted by Gasteiger charge is 2.26. The number of carbonyl (C=O) groups is 1. The molecule has 1 fully saturated rings. The number of alkyl halides is 1. The largest absolute Gasteiger partial charge is 0.335 e. The maximum absolute atomic E-state index is 12.9. The van der Waals surface area contributed by atoms with E-state index in [9.17, 15) is 4.79 Å². The van der Waals surface area contributed by atoms with Gasteiger partial charge in [-0.2, -0.15) is 0 Å². The highest BCUT2D eigenvalue weighted by atomic mass is 79.9. The lowest BCUT2D eigenvalue weighted by molar-refractivity contribution is 0.0650. The number of carbonyl (C=O) groups excluding carboxylic acids is 1. The van der Waals surface area contributed by atoms with E-state index in [0.29, 0.717) is 6.04 Å². The molecule has 0 N–H and O–H groups in total. The summed E-state index contributed by atoms with van der Waals surface area (Å²) in [5.74, 6) is 0.216. The molecule has 1 saturated carbocycles. The van der Waals surface area contributed by atoms with E-state index >= 15 is 0 Å². The van der Waals surface area contributed by atoms with Gasteiger partial charge in [0.1, 0.15) is 0 Å². The molecule has 0 unspecified atom stereocenters. The molecule has 110 valence electrons. The monoisotopic (exact) mass is 337 g/mol. The molecule has 0 spiro atoms. The van der Waals surface area contributed by atoms with Gasteiger partial charge in [0, 0.05) is 23.5 Å². The van der Waals surface area contributed by atoms with Gasteiger partial charge in [0.2, 0.25) is 0 Å². The topological polar surface area (TPSA) is 20.3 Å². The number of rotatable bonds is 5. The predicted octanol–water partition coefficient (Wildman–Crippen LogP) is 4.42. The van der Waals surface area contributed by atoms with Crippen molar-refractivity contribution in [1.29, 1.82) is 0 Å². The van der Waals surface area contributed by atoms with Crippen LogP contribution >= 0.6 is 15.9 Å². The van der Waals surface area contributed by atoms with Crippen LogP contribution in [0.4, 0.5) is 0 Å². The molecule has 1 aliphatic carbocycles. The second kappa shape index (κ2) is 7.82. The van der Waals surface area contributed by atoms with Gasteiger partial charge in [-0.15, -0.1) is 0 Å². The lowest BCUT2D eigenvalue weighted by atomic mass is 9.93. The molecule has 0 radical (unpaired) electrons. The second-order valence-corrected chi connectivity index (χ2v) is 6.28. The molecule has 0 saturated heterocycles. The Morgan fingerprint density at radius 3 is 2.60 bits per heavy atom. The molecule has 0 aromatic heterocycles. The standard InChI is InChI=1S/C17H24BrNO/c1-2-14-8-6-7-11-16(14)17(20)19(13-12-18)15-9-4-3-5-10-15/h6-8,11,15H,2-5,9-10,12-13H2,1H3. The van der Waals surface area contributed by atoms with Gasteiger partial charge in [-0.1, -0.05) is 60.3 Å². The molecule has 1 aromatic rings. The van der Waals surface area contributed by atoms with Gasteiger partial charge in [-0.3, -0.25) is 4.79 Å². The minimum Gasteiger partial charge on any atom is -0.335 e. The zero-order chi connectivity index (χ0) is 14.4. The summed E-state index contributed by atoms with van der Waals surface area (Å²) in [7, 11) is 0. The van der Waals surface area contributed by atoms with Crippen molar-refractivity contribution < 1.29 is 4.79 Å². The molecule has 1 aliphatic rings. The third-order valence-electron chi connectivity index (χ3n) is 4.23. The second-order valence-electron chi connectivity index (χ2n) is 5.49. The summed E-state index contributed by atoms with van der Waals surface area (Å²) in [5, 5.41) is 0.851. The minimum absolute atomic E-state index is 0.216. The van der Waals surface area contributed by atoms with Crippen LogP contribution in [0.3, 0.4) is 0 Å². The quantitative estimate of drug-likeness (QED) is 0.728. The van der Waals surface area contributed by atoms with E-state index in [1.54, 1.807) is 0 Å². The smallest absolute Gasteiger partial charge is 0.254 e. The predicted molar refractivity (Wildman–Crippen MR) is 87.5 cm³/mol. The highest BCUT2D eigenvalue weighted by Crippen LogP contribution is 2.25. The molecule has 0 aliphatic heterocycles. The summed E-state index contributed by atoms with van der Waals surface area (Å²) in [6, 6.07) is 8.47. The number of amides is 1. The van der Waals surface area contributed by atoms with Crippen LogP contribution in [-0.2, 0) is 6.42 Å². The van der Waals surface area contributed by atoms with Gasteiger partial charge in [0.05, 0.1) is 0 Å². The van der Waals surface area contributed by atoms with E-state index in [4.69, 9.17) is 0 Å². The van der Waals surface area contributed by atoms with Crippen molar-refractivity contribution in [3.8, 4) is 0 Å². The van der Waals surface area contributed by atoms with Crippen molar-refractivity contribution in [2.75, 3.05) is 11.9 Å². The first-order valence-corrected chi connectivity index (χ1v) is 8.85. The van der Waals surface area contributed by atoms with Crippen molar-refractivity contribution >= 4 is 21.8 Å². The summed E-state index contributed by atoms with van der Waals surface area (Å²) in [5.41, 5.74) is 2.05. The number of benzene rings is 1. The Labute approximate surface area is 130 Å². The summed E-state index contributed by atoms with van der Waals surface area (Å²) in [6.07, 6.45) is 7.06. The first-order valence-electron chi connectivity index (χ1n) is 7.72. The Bertz CT molecular complexity index is 440. The van der Waals surface area contributed by atoms with Crippen LogP contribution in [0.15, 0.2) is 24.3 Å². The van der Waals surface area contributed by atoms with E-state index in [2.05, 4.69) is 33.8 Å². The van der Waals surface area contributed by atoms with E-state index in [-0.39, 0.29) is 5.91 Å². The van der Waals surface area contributed by atoms with Gasteiger partial charge >= 0.3 is 0 Å². The summed E-state index contributed by atoms with van der Waals surface area (Å²) in [4.78, 5) is 15.0. The molecule has 0 atom stereocenters. The normalized spacial score (nSPS) is 16.1. The summed E-state index contributed by atoms with van der Waals surface area (Å²) >= 11 is 3.50. The number of nitrogens with zero attached hydrogens (tertiary/aromatic N) is 1. The van der Waals surface area contributed by atoms with Crippen molar-refractivity contribution in [2.45, 2.75) is 51.5 Å². The maximum Gasteiger partial charge on any atom is 0.254 e. The average molecular weight is 338 g/mol. The Morgan fingerprint density at radius 1 is 1.25 bits per heavy atom. The Balaban J connectivity index is 2.21. The van der Waals surface area contributed by atoms with Crippen molar-refractivity contribution in [3.63, 3.8) is 0 Å². The zero-order valence-electron chi connectivity index (χ0n) is 12.3. The van der Waals surface area contributed by atoms with Gasteiger partial charge in [-0.25, -0.2) is 0 Å². The number of hydrogen-bond donors (Lipinski definition) is 0. The van der Waals surface area contributed by atoms with Crippen LogP contribution < -0.4 is 0 Å². The molecule has 1 amide bonds. The third kappa shape index (κ3) is 3.63. The first kappa shape index (κ1) is 15.6. The molecule has 3 heteroatoms. The van der Waals surface area contributed by atoms with Gasteiger partial charge in [0.25, 0.3) is 5.91 Å². The lowest BCUT2D eigenvalue weighted by Gasteiger charge is -2.34. The van der Waals surface area contributed by atoms with Crippen LogP contribution in [0.25, 0.3) is 0 Å². The maximum atomic E-state index is 12.9. The van der Waals surface area contributed by atoms with Crippen LogP contribution in [0.5, 0.6) is 0 Å². The van der Waals surface area contributed by atoms with Gasteiger partial charge in [-0.05, 0) is 30.9 Å². The van der Waals surface area contributed by atoms with Gasteiger partial charge in [0.15, 0.2) is 0 Å². The molecule has 2 nitrogen and oxygen atoms in total. The fourth-order valence-corrected chi connectivity index (χ4v) is 3.51. The Hall–Kier alpha value is -0.830. The van der Waals surface area contributed by atoms with E-state index in [1.807, 2.05) is 18.2 Å². The highest BCUT2D eigenvalue weighted by molar-refractivity contribution is 9.09. The van der Waals surface area contributed by atoms with E-state index in [1.165, 1.54) is 19.3 Å². The van der Waals surface area contributed by atoms with Crippen molar-refractivity contribution in [1.82, 2.24) is 4.90 Å². The van der Waals surface area contributed by atoms with Crippen LogP contribution in [0.1, 0.15) is 54.9 Å². The fourth-order valence-electron chi connectivity index (χ4n) is 3.13. The summed E-state index contributed by atoms with van der Waals surface area (Å²) < 4.78 is 0. The lowest BCUT2D eigenvalue weighted by Crippen LogP contribution is -2.42. The first-order chi connectivity index (χ1) is 9.77. The molecule has 0 heterocycles. The number of aryl methyl sites for hydroxylation is 1. The average Bonchev–Trinajstić information content (AvgIpc) is 2.52. The molecular weight excluding hydrogens is 314 g/mol. The molecule has 20 heavy (non-hydrogen) atoms.